The Bertz CT molecular complexity index is 430. The van der Waals surface area contributed by atoms with E-state index in [2.05, 4.69) is 60.7 Å². The minimum absolute atomic E-state index is 0.424. The SMILES string of the molecule is CC(C)CN(c1ccc(C(N)=S)c(Br)c1)C(C)C. The van der Waals surface area contributed by atoms with E-state index in [0.29, 0.717) is 16.9 Å². The van der Waals surface area contributed by atoms with Gasteiger partial charge in [0.25, 0.3) is 0 Å². The highest BCUT2D eigenvalue weighted by Crippen LogP contribution is 2.26. The fourth-order valence-electron chi connectivity index (χ4n) is 1.89. The lowest BCUT2D eigenvalue weighted by Gasteiger charge is -2.31. The lowest BCUT2D eigenvalue weighted by molar-refractivity contribution is 0.571. The van der Waals surface area contributed by atoms with Gasteiger partial charge in [0, 0.05) is 28.3 Å². The van der Waals surface area contributed by atoms with Crippen LogP contribution in [0.5, 0.6) is 0 Å². The van der Waals surface area contributed by atoms with Crippen LogP contribution in [0.15, 0.2) is 22.7 Å². The zero-order valence-corrected chi connectivity index (χ0v) is 13.8. The van der Waals surface area contributed by atoms with E-state index in [1.807, 2.05) is 6.07 Å². The lowest BCUT2D eigenvalue weighted by atomic mass is 10.1. The van der Waals surface area contributed by atoms with Crippen LogP contribution in [-0.4, -0.2) is 17.6 Å². The quantitative estimate of drug-likeness (QED) is 0.829. The van der Waals surface area contributed by atoms with Gasteiger partial charge in [-0.15, -0.1) is 0 Å². The highest BCUT2D eigenvalue weighted by molar-refractivity contribution is 9.10. The zero-order chi connectivity index (χ0) is 13.9. The van der Waals surface area contributed by atoms with E-state index in [9.17, 15) is 0 Å². The minimum Gasteiger partial charge on any atom is -0.389 e. The summed E-state index contributed by atoms with van der Waals surface area (Å²) in [6, 6.07) is 6.63. The molecule has 0 amide bonds. The van der Waals surface area contributed by atoms with Crippen molar-refractivity contribution in [3.8, 4) is 0 Å². The molecule has 100 valence electrons. The molecule has 0 saturated carbocycles. The van der Waals surface area contributed by atoms with Gasteiger partial charge in [-0.25, -0.2) is 0 Å². The van der Waals surface area contributed by atoms with Crippen LogP contribution in [-0.2, 0) is 0 Å². The molecule has 0 radical (unpaired) electrons. The summed E-state index contributed by atoms with van der Waals surface area (Å²) in [5, 5.41) is 0. The molecule has 0 aliphatic carbocycles. The van der Waals surface area contributed by atoms with Crippen LogP contribution in [0.3, 0.4) is 0 Å². The van der Waals surface area contributed by atoms with Crippen molar-refractivity contribution in [1.29, 1.82) is 0 Å². The van der Waals surface area contributed by atoms with Crippen LogP contribution in [0.4, 0.5) is 5.69 Å². The molecule has 0 saturated heterocycles. The maximum atomic E-state index is 5.67. The number of nitrogens with zero attached hydrogens (tertiary/aromatic N) is 1. The van der Waals surface area contributed by atoms with Gasteiger partial charge in [-0.3, -0.25) is 0 Å². The monoisotopic (exact) mass is 328 g/mol. The fourth-order valence-corrected chi connectivity index (χ4v) is 2.78. The van der Waals surface area contributed by atoms with Crippen LogP contribution in [0.1, 0.15) is 33.3 Å². The Hall–Kier alpha value is -0.610. The third-order valence-electron chi connectivity index (χ3n) is 2.73. The first-order valence-corrected chi connectivity index (χ1v) is 7.39. The average molecular weight is 329 g/mol. The van der Waals surface area contributed by atoms with Crippen molar-refractivity contribution < 1.29 is 0 Å². The van der Waals surface area contributed by atoms with Crippen molar-refractivity contribution >= 4 is 38.8 Å². The molecule has 0 aliphatic heterocycles. The van der Waals surface area contributed by atoms with E-state index in [0.717, 1.165) is 16.6 Å². The summed E-state index contributed by atoms with van der Waals surface area (Å²) in [6.07, 6.45) is 0. The van der Waals surface area contributed by atoms with E-state index in [1.54, 1.807) is 0 Å². The molecule has 4 heteroatoms. The first kappa shape index (κ1) is 15.4. The number of hydrogen-bond acceptors (Lipinski definition) is 2. The molecule has 2 nitrogen and oxygen atoms in total. The molecule has 1 rings (SSSR count). The predicted octanol–water partition coefficient (Wildman–Crippen LogP) is 3.95. The van der Waals surface area contributed by atoms with Crippen molar-refractivity contribution in [3.05, 3.63) is 28.2 Å². The van der Waals surface area contributed by atoms with E-state index < -0.39 is 0 Å². The smallest absolute Gasteiger partial charge is 0.105 e. The molecule has 2 N–H and O–H groups in total. The lowest BCUT2D eigenvalue weighted by Crippen LogP contribution is -2.34. The first-order chi connectivity index (χ1) is 8.32. The van der Waals surface area contributed by atoms with Gasteiger partial charge in [0.15, 0.2) is 0 Å². The van der Waals surface area contributed by atoms with Gasteiger partial charge in [0.05, 0.1) is 0 Å². The molecule has 1 aromatic rings. The molecule has 0 bridgehead atoms. The Balaban J connectivity index is 3.07. The molecule has 1 aromatic carbocycles. The highest BCUT2D eigenvalue weighted by atomic mass is 79.9. The summed E-state index contributed by atoms with van der Waals surface area (Å²) in [4.78, 5) is 2.81. The summed E-state index contributed by atoms with van der Waals surface area (Å²) >= 11 is 8.55. The number of halogens is 1. The molecule has 0 aromatic heterocycles. The molecule has 0 unspecified atom stereocenters. The third kappa shape index (κ3) is 3.95. The summed E-state index contributed by atoms with van der Waals surface area (Å²) in [5.74, 6) is 0.626. The minimum atomic E-state index is 0.424. The van der Waals surface area contributed by atoms with Gasteiger partial charge < -0.3 is 10.6 Å². The fraction of sp³-hybridized carbons (Fsp3) is 0.500. The Morgan fingerprint density at radius 3 is 2.33 bits per heavy atom. The largest absolute Gasteiger partial charge is 0.389 e. The topological polar surface area (TPSA) is 29.3 Å². The molecular weight excluding hydrogens is 308 g/mol. The van der Waals surface area contributed by atoms with Crippen molar-refractivity contribution in [2.75, 3.05) is 11.4 Å². The summed E-state index contributed by atoms with van der Waals surface area (Å²) in [7, 11) is 0. The second-order valence-corrected chi connectivity index (χ2v) is 6.46. The third-order valence-corrected chi connectivity index (χ3v) is 3.61. The van der Waals surface area contributed by atoms with Gasteiger partial charge in [-0.05, 0) is 53.9 Å². The van der Waals surface area contributed by atoms with Gasteiger partial charge in [0.2, 0.25) is 0 Å². The van der Waals surface area contributed by atoms with Crippen molar-refractivity contribution in [3.63, 3.8) is 0 Å². The Morgan fingerprint density at radius 1 is 1.33 bits per heavy atom. The van der Waals surface area contributed by atoms with Crippen LogP contribution in [0, 0.1) is 5.92 Å². The number of benzene rings is 1. The number of thiocarbonyl (C=S) groups is 1. The zero-order valence-electron chi connectivity index (χ0n) is 11.4. The van der Waals surface area contributed by atoms with Gasteiger partial charge in [0.1, 0.15) is 4.99 Å². The van der Waals surface area contributed by atoms with Crippen LogP contribution >= 0.6 is 28.1 Å². The van der Waals surface area contributed by atoms with Crippen molar-refractivity contribution in [2.45, 2.75) is 33.7 Å². The van der Waals surface area contributed by atoms with Crippen LogP contribution in [0.2, 0.25) is 0 Å². The number of hydrogen-bond donors (Lipinski definition) is 1. The second kappa shape index (κ2) is 6.53. The Kier molecular flexibility index (Phi) is 5.60. The van der Waals surface area contributed by atoms with Crippen molar-refractivity contribution in [2.24, 2.45) is 11.7 Å². The van der Waals surface area contributed by atoms with Gasteiger partial charge in [-0.2, -0.15) is 0 Å². The van der Waals surface area contributed by atoms with E-state index in [-0.39, 0.29) is 0 Å². The maximum Gasteiger partial charge on any atom is 0.105 e. The summed E-state index contributed by atoms with van der Waals surface area (Å²) < 4.78 is 0.960. The highest BCUT2D eigenvalue weighted by Gasteiger charge is 2.14. The average Bonchev–Trinajstić information content (AvgIpc) is 2.24. The normalized spacial score (nSPS) is 11.1. The first-order valence-electron chi connectivity index (χ1n) is 6.19. The predicted molar refractivity (Wildman–Crippen MR) is 87.3 cm³/mol. The molecule has 0 atom stereocenters. The van der Waals surface area contributed by atoms with E-state index >= 15 is 0 Å². The molecule has 18 heavy (non-hydrogen) atoms. The molecule has 0 aliphatic rings. The Labute approximate surface area is 124 Å². The van der Waals surface area contributed by atoms with E-state index in [4.69, 9.17) is 18.0 Å². The molecule has 0 spiro atoms. The summed E-state index contributed by atoms with van der Waals surface area (Å²) in [5.41, 5.74) is 7.76. The number of anilines is 1. The van der Waals surface area contributed by atoms with Gasteiger partial charge >= 0.3 is 0 Å². The molecule has 0 heterocycles. The van der Waals surface area contributed by atoms with Gasteiger partial charge in [-0.1, -0.05) is 26.1 Å². The van der Waals surface area contributed by atoms with Crippen molar-refractivity contribution in [1.82, 2.24) is 0 Å². The van der Waals surface area contributed by atoms with Crippen LogP contribution in [0.25, 0.3) is 0 Å². The maximum absolute atomic E-state index is 5.67. The standard InChI is InChI=1S/C14H21BrN2S/c1-9(2)8-17(10(3)4)11-5-6-12(14(16)18)13(15)7-11/h5-7,9-10H,8H2,1-4H3,(H2,16,18). The summed E-state index contributed by atoms with van der Waals surface area (Å²) in [6.45, 7) is 9.91. The molecular formula is C14H21BrN2S. The Morgan fingerprint density at radius 2 is 1.94 bits per heavy atom. The second-order valence-electron chi connectivity index (χ2n) is 5.17. The molecule has 0 fully saturated rings. The van der Waals surface area contributed by atoms with Crippen LogP contribution < -0.4 is 10.6 Å². The van der Waals surface area contributed by atoms with E-state index in [1.165, 1.54) is 5.69 Å². The number of rotatable bonds is 5. The number of nitrogens with two attached hydrogens (primary N) is 1.